The van der Waals surface area contributed by atoms with E-state index >= 15 is 0 Å². The third kappa shape index (κ3) is 3.09. The van der Waals surface area contributed by atoms with Crippen molar-refractivity contribution in [1.82, 2.24) is 4.90 Å². The van der Waals surface area contributed by atoms with E-state index in [2.05, 4.69) is 11.8 Å². The summed E-state index contributed by atoms with van der Waals surface area (Å²) in [5.74, 6) is -0.113. The van der Waals surface area contributed by atoms with Crippen LogP contribution in [0.4, 0.5) is 4.39 Å². The Bertz CT molecular complexity index is 392. The van der Waals surface area contributed by atoms with E-state index in [4.69, 9.17) is 5.73 Å². The predicted molar refractivity (Wildman–Crippen MR) is 72.6 cm³/mol. The molecule has 1 saturated heterocycles. The van der Waals surface area contributed by atoms with Crippen molar-refractivity contribution < 1.29 is 4.39 Å². The highest BCUT2D eigenvalue weighted by atomic mass is 19.1. The monoisotopic (exact) mass is 250 g/mol. The summed E-state index contributed by atoms with van der Waals surface area (Å²) in [4.78, 5) is 2.42. The van der Waals surface area contributed by atoms with E-state index in [0.29, 0.717) is 12.6 Å². The third-order valence-electron chi connectivity index (χ3n) is 3.95. The van der Waals surface area contributed by atoms with Gasteiger partial charge in [-0.3, -0.25) is 4.90 Å². The van der Waals surface area contributed by atoms with Crippen LogP contribution in [-0.4, -0.2) is 17.5 Å². The lowest BCUT2D eigenvalue weighted by atomic mass is 9.99. The number of nitrogens with two attached hydrogens (primary N) is 1. The molecule has 1 atom stereocenters. The average Bonchev–Trinajstić information content (AvgIpc) is 2.41. The molecule has 1 aliphatic rings. The second-order valence-electron chi connectivity index (χ2n) is 5.16. The molecule has 0 radical (unpaired) electrons. The minimum atomic E-state index is -0.113. The van der Waals surface area contributed by atoms with Gasteiger partial charge < -0.3 is 5.73 Å². The lowest BCUT2D eigenvalue weighted by molar-refractivity contribution is 0.134. The molecule has 0 spiro atoms. The lowest BCUT2D eigenvalue weighted by Gasteiger charge is -2.35. The van der Waals surface area contributed by atoms with Gasteiger partial charge in [0.05, 0.1) is 0 Å². The van der Waals surface area contributed by atoms with Gasteiger partial charge in [-0.1, -0.05) is 25.5 Å². The average molecular weight is 250 g/mol. The van der Waals surface area contributed by atoms with Gasteiger partial charge in [0, 0.05) is 24.7 Å². The summed E-state index contributed by atoms with van der Waals surface area (Å²) >= 11 is 0. The summed E-state index contributed by atoms with van der Waals surface area (Å²) in [5, 5.41) is 0. The Morgan fingerprint density at radius 3 is 2.89 bits per heavy atom. The molecule has 2 N–H and O–H groups in total. The van der Waals surface area contributed by atoms with Crippen molar-refractivity contribution in [2.45, 2.75) is 51.7 Å². The molecule has 18 heavy (non-hydrogen) atoms. The van der Waals surface area contributed by atoms with Crippen LogP contribution >= 0.6 is 0 Å². The highest BCUT2D eigenvalue weighted by Crippen LogP contribution is 2.22. The zero-order valence-corrected chi connectivity index (χ0v) is 11.2. The molecule has 3 heteroatoms. The maximum atomic E-state index is 13.9. The van der Waals surface area contributed by atoms with Gasteiger partial charge in [0.2, 0.25) is 0 Å². The molecule has 0 aromatic heterocycles. The van der Waals surface area contributed by atoms with Crippen molar-refractivity contribution in [2.75, 3.05) is 6.54 Å². The second kappa shape index (κ2) is 6.30. The van der Waals surface area contributed by atoms with Gasteiger partial charge in [-0.25, -0.2) is 4.39 Å². The zero-order valence-electron chi connectivity index (χ0n) is 11.2. The quantitative estimate of drug-likeness (QED) is 0.890. The van der Waals surface area contributed by atoms with E-state index in [9.17, 15) is 4.39 Å². The Morgan fingerprint density at radius 1 is 1.39 bits per heavy atom. The normalized spacial score (nSPS) is 21.2. The van der Waals surface area contributed by atoms with Crippen LogP contribution in [0.1, 0.15) is 43.7 Å². The number of benzene rings is 1. The van der Waals surface area contributed by atoms with E-state index in [-0.39, 0.29) is 5.82 Å². The number of hydrogen-bond donors (Lipinski definition) is 1. The molecule has 1 aromatic rings. The summed E-state index contributed by atoms with van der Waals surface area (Å²) in [6.07, 6.45) is 4.95. The fraction of sp³-hybridized carbons (Fsp3) is 0.600. The summed E-state index contributed by atoms with van der Waals surface area (Å²) in [7, 11) is 0. The molecule has 0 aliphatic carbocycles. The van der Waals surface area contributed by atoms with Crippen molar-refractivity contribution in [2.24, 2.45) is 5.73 Å². The topological polar surface area (TPSA) is 29.3 Å². The van der Waals surface area contributed by atoms with E-state index in [1.807, 2.05) is 12.1 Å². The first-order valence-electron chi connectivity index (χ1n) is 6.96. The Hall–Kier alpha value is -0.930. The van der Waals surface area contributed by atoms with E-state index in [1.165, 1.54) is 19.3 Å². The first-order chi connectivity index (χ1) is 8.74. The molecule has 2 nitrogen and oxygen atoms in total. The van der Waals surface area contributed by atoms with Crippen LogP contribution in [-0.2, 0) is 13.1 Å². The Kier molecular flexibility index (Phi) is 4.72. The Balaban J connectivity index is 2.07. The molecule has 2 rings (SSSR count). The number of hydrogen-bond acceptors (Lipinski definition) is 2. The van der Waals surface area contributed by atoms with Crippen LogP contribution in [0, 0.1) is 5.82 Å². The third-order valence-corrected chi connectivity index (χ3v) is 3.95. The smallest absolute Gasteiger partial charge is 0.128 e. The molecule has 1 aliphatic heterocycles. The fourth-order valence-corrected chi connectivity index (χ4v) is 2.80. The van der Waals surface area contributed by atoms with Gasteiger partial charge in [0.25, 0.3) is 0 Å². The molecule has 1 aromatic carbocycles. The molecule has 0 amide bonds. The number of piperidine rings is 1. The van der Waals surface area contributed by atoms with Crippen LogP contribution in [0.15, 0.2) is 18.2 Å². The Labute approximate surface area is 109 Å². The fourth-order valence-electron chi connectivity index (χ4n) is 2.80. The van der Waals surface area contributed by atoms with E-state index < -0.39 is 0 Å². The van der Waals surface area contributed by atoms with Crippen molar-refractivity contribution >= 4 is 0 Å². The second-order valence-corrected chi connectivity index (χ2v) is 5.16. The van der Waals surface area contributed by atoms with E-state index in [1.54, 1.807) is 6.07 Å². The molecule has 1 unspecified atom stereocenters. The van der Waals surface area contributed by atoms with Crippen LogP contribution in [0.5, 0.6) is 0 Å². The minimum absolute atomic E-state index is 0.113. The maximum Gasteiger partial charge on any atom is 0.128 e. The first kappa shape index (κ1) is 13.5. The first-order valence-corrected chi connectivity index (χ1v) is 6.96. The molecular weight excluding hydrogens is 227 g/mol. The largest absolute Gasteiger partial charge is 0.326 e. The molecule has 1 fully saturated rings. The van der Waals surface area contributed by atoms with Gasteiger partial charge >= 0.3 is 0 Å². The Morgan fingerprint density at radius 2 is 2.22 bits per heavy atom. The van der Waals surface area contributed by atoms with Gasteiger partial charge in [-0.15, -0.1) is 0 Å². The van der Waals surface area contributed by atoms with Crippen LogP contribution in [0.3, 0.4) is 0 Å². The van der Waals surface area contributed by atoms with Crippen molar-refractivity contribution in [1.29, 1.82) is 0 Å². The summed E-state index contributed by atoms with van der Waals surface area (Å²) in [6, 6.07) is 6.01. The number of likely N-dealkylation sites (tertiary alicyclic amines) is 1. The van der Waals surface area contributed by atoms with Gasteiger partial charge in [0.15, 0.2) is 0 Å². The lowest BCUT2D eigenvalue weighted by Crippen LogP contribution is -2.38. The van der Waals surface area contributed by atoms with Gasteiger partial charge in [-0.05, 0) is 37.4 Å². The van der Waals surface area contributed by atoms with Crippen molar-refractivity contribution in [3.63, 3.8) is 0 Å². The molecule has 1 heterocycles. The van der Waals surface area contributed by atoms with E-state index in [0.717, 1.165) is 30.6 Å². The summed E-state index contributed by atoms with van der Waals surface area (Å²) in [5.41, 5.74) is 7.18. The molecule has 0 bridgehead atoms. The van der Waals surface area contributed by atoms with Crippen LogP contribution in [0.2, 0.25) is 0 Å². The van der Waals surface area contributed by atoms with Gasteiger partial charge in [0.1, 0.15) is 5.82 Å². The van der Waals surface area contributed by atoms with Crippen molar-refractivity contribution in [3.8, 4) is 0 Å². The van der Waals surface area contributed by atoms with Crippen molar-refractivity contribution in [3.05, 3.63) is 35.1 Å². The SMILES string of the molecule is CCC1CCCCN1Cc1ccc(CN)cc1F. The standard InChI is InChI=1S/C15H23FN2/c1-2-14-5-3-4-8-18(14)11-13-7-6-12(10-17)9-15(13)16/h6-7,9,14H,2-5,8,10-11,17H2,1H3. The summed E-state index contributed by atoms with van der Waals surface area (Å²) < 4.78 is 13.9. The predicted octanol–water partition coefficient (Wildman–Crippen LogP) is 3.05. The molecule has 0 saturated carbocycles. The zero-order chi connectivity index (χ0) is 13.0. The highest BCUT2D eigenvalue weighted by molar-refractivity contribution is 5.24. The van der Waals surface area contributed by atoms with Crippen LogP contribution in [0.25, 0.3) is 0 Å². The summed E-state index contributed by atoms with van der Waals surface area (Å²) in [6.45, 7) is 4.45. The number of halogens is 1. The van der Waals surface area contributed by atoms with Gasteiger partial charge in [-0.2, -0.15) is 0 Å². The number of nitrogens with zero attached hydrogens (tertiary/aromatic N) is 1. The minimum Gasteiger partial charge on any atom is -0.326 e. The maximum absolute atomic E-state index is 13.9. The molecular formula is C15H23FN2. The van der Waals surface area contributed by atoms with Crippen LogP contribution < -0.4 is 5.73 Å². The highest BCUT2D eigenvalue weighted by Gasteiger charge is 2.21. The number of rotatable bonds is 4. The molecule has 100 valence electrons.